The summed E-state index contributed by atoms with van der Waals surface area (Å²) in [6.45, 7) is 46.5. The summed E-state index contributed by atoms with van der Waals surface area (Å²) in [6, 6.07) is 0. The van der Waals surface area contributed by atoms with Crippen molar-refractivity contribution < 1.29 is 109 Å². The van der Waals surface area contributed by atoms with Crippen LogP contribution in [0.4, 0.5) is 24.0 Å². The molecule has 12 fully saturated rings. The molecule has 0 aliphatic heterocycles. The van der Waals surface area contributed by atoms with E-state index in [-0.39, 0.29) is 67.6 Å². The number of carbonyl (C=O) groups is 8. The highest BCUT2D eigenvalue weighted by Crippen LogP contribution is 2.68. The summed E-state index contributed by atoms with van der Waals surface area (Å²) in [4.78, 5) is 104. The second kappa shape index (κ2) is 28.9. The van der Waals surface area contributed by atoms with E-state index in [0.29, 0.717) is 70.0 Å². The van der Waals surface area contributed by atoms with Crippen LogP contribution in [-0.2, 0) is 85.4 Å². The van der Waals surface area contributed by atoms with Crippen LogP contribution in [0.1, 0.15) is 321 Å². The molecule has 0 spiro atoms. The van der Waals surface area contributed by atoms with Gasteiger partial charge in [0.25, 0.3) is 0 Å². The molecule has 0 amide bonds. The van der Waals surface area contributed by atoms with E-state index in [4.69, 9.17) is 71.1 Å². The van der Waals surface area contributed by atoms with Gasteiger partial charge in [0.05, 0.1) is 21.8 Å². The standard InChI is InChI=1S/C31H50O11.C26H42O8.C21H36O4/c1-13-27(11,12)20(32)36-28-14-29(40-21(33)37-24(2,3)4)17-30(15-28,41-22(34)38-25(5,6)7)19-31(16-28,18-29)42-23(35)39-26(8,9)10;1-10-23(8,9)18(27)30-24-11-17-12-25(14-24,33-19(28)31-21(2,3)4)16-26(13-17,15-24)34-20(29)32-22(5,6)7;1-5-7-8-23-15-24-20-10-16-9-17(11-20)13-21(12-16,14-20)25-18(22)19(3,4)6-2/h13-19H2,1-12H3;17H,10-16H2,1-9H3;16-17H,5-15H2,1-4H3. The van der Waals surface area contributed by atoms with E-state index >= 15 is 0 Å². The zero-order valence-electron chi connectivity index (χ0n) is 66.3. The average molecular weight is 1430 g/mol. The van der Waals surface area contributed by atoms with Gasteiger partial charge in [-0.1, -0.05) is 34.1 Å². The molecule has 12 aliphatic carbocycles. The summed E-state index contributed by atoms with van der Waals surface area (Å²) < 4.78 is 88.1. The number of unbranched alkanes of at least 4 members (excludes halogenated alkanes) is 1. The third kappa shape index (κ3) is 21.7. The molecule has 101 heavy (non-hydrogen) atoms. The Labute approximate surface area is 602 Å². The summed E-state index contributed by atoms with van der Waals surface area (Å²) in [5, 5.41) is 0. The van der Waals surface area contributed by atoms with Crippen molar-refractivity contribution >= 4 is 48.7 Å². The number of ether oxygens (including phenoxy) is 15. The maximum absolute atomic E-state index is 13.5. The first kappa shape index (κ1) is 83.0. The Balaban J connectivity index is 0.000000219. The highest BCUT2D eigenvalue weighted by molar-refractivity contribution is 5.78. The van der Waals surface area contributed by atoms with Gasteiger partial charge in [0.1, 0.15) is 79.6 Å². The first-order chi connectivity index (χ1) is 45.9. The van der Waals surface area contributed by atoms with Crippen LogP contribution in [0, 0.1) is 34.0 Å². The molecular weight excluding hydrogens is 1300 g/mol. The van der Waals surface area contributed by atoms with Crippen LogP contribution in [0.3, 0.4) is 0 Å². The van der Waals surface area contributed by atoms with Crippen molar-refractivity contribution in [2.45, 2.75) is 399 Å². The van der Waals surface area contributed by atoms with Crippen molar-refractivity contribution in [1.82, 2.24) is 0 Å². The maximum atomic E-state index is 13.5. The Morgan fingerprint density at radius 1 is 0.297 bits per heavy atom. The van der Waals surface area contributed by atoms with E-state index < -0.39 is 120 Å². The number of carbonyl (C=O) groups excluding carboxylic acids is 8. The third-order valence-electron chi connectivity index (χ3n) is 21.5. The third-order valence-corrected chi connectivity index (χ3v) is 21.5. The number of rotatable bonds is 20. The first-order valence-electron chi connectivity index (χ1n) is 37.4. The monoisotopic (exact) mass is 1430 g/mol. The molecule has 23 nitrogen and oxygen atoms in total. The molecule has 0 aromatic rings. The predicted molar refractivity (Wildman–Crippen MR) is 372 cm³/mol. The van der Waals surface area contributed by atoms with Gasteiger partial charge in [0, 0.05) is 70.8 Å². The van der Waals surface area contributed by atoms with Gasteiger partial charge in [-0.25, -0.2) is 24.0 Å². The highest BCUT2D eigenvalue weighted by atomic mass is 16.8. The molecule has 12 bridgehead atoms. The van der Waals surface area contributed by atoms with Crippen LogP contribution < -0.4 is 0 Å². The molecule has 12 rings (SSSR count). The Kier molecular flexibility index (Phi) is 23.7. The molecular formula is C78H128O23. The van der Waals surface area contributed by atoms with Crippen molar-refractivity contribution in [2.24, 2.45) is 34.0 Å². The van der Waals surface area contributed by atoms with Gasteiger partial charge in [0.15, 0.2) is 0 Å². The topological polar surface area (TPSA) is 275 Å². The molecule has 0 heterocycles. The molecule has 23 heteroatoms. The Morgan fingerprint density at radius 3 is 0.812 bits per heavy atom. The normalized spacial score (nSPS) is 32.8. The van der Waals surface area contributed by atoms with Crippen LogP contribution in [0.2, 0.25) is 0 Å². The Hall–Kier alpha value is -5.32. The lowest BCUT2D eigenvalue weighted by Gasteiger charge is -2.66. The van der Waals surface area contributed by atoms with Gasteiger partial charge in [-0.05, 0) is 240 Å². The lowest BCUT2D eigenvalue weighted by Crippen LogP contribution is -2.75. The fourth-order valence-electron chi connectivity index (χ4n) is 17.8. The largest absolute Gasteiger partial charge is 0.509 e. The second-order valence-corrected chi connectivity index (χ2v) is 38.9. The van der Waals surface area contributed by atoms with Crippen molar-refractivity contribution in [3.63, 3.8) is 0 Å². The van der Waals surface area contributed by atoms with Gasteiger partial charge in [0.2, 0.25) is 0 Å². The van der Waals surface area contributed by atoms with Crippen molar-refractivity contribution in [1.29, 1.82) is 0 Å². The molecule has 4 atom stereocenters. The quantitative estimate of drug-likeness (QED) is 0.0474. The molecule has 0 aromatic carbocycles. The summed E-state index contributed by atoms with van der Waals surface area (Å²) in [5.74, 6) is 0.546. The van der Waals surface area contributed by atoms with E-state index in [1.807, 2.05) is 41.5 Å². The number of hydrogen-bond donors (Lipinski definition) is 0. The van der Waals surface area contributed by atoms with Crippen LogP contribution in [0.5, 0.6) is 0 Å². The second-order valence-electron chi connectivity index (χ2n) is 38.9. The molecule has 0 radical (unpaired) electrons. The molecule has 0 saturated heterocycles. The number of hydrogen-bond acceptors (Lipinski definition) is 23. The lowest BCUT2D eigenvalue weighted by atomic mass is 9.48. The van der Waals surface area contributed by atoms with Crippen molar-refractivity contribution in [3.8, 4) is 0 Å². The van der Waals surface area contributed by atoms with Gasteiger partial charge >= 0.3 is 48.7 Å². The first-order valence-corrected chi connectivity index (χ1v) is 37.4. The molecule has 4 unspecified atom stereocenters. The van der Waals surface area contributed by atoms with E-state index in [1.165, 1.54) is 6.42 Å². The lowest BCUT2D eigenvalue weighted by molar-refractivity contribution is -0.307. The minimum absolute atomic E-state index is 0.0358. The van der Waals surface area contributed by atoms with Gasteiger partial charge < -0.3 is 71.1 Å². The summed E-state index contributed by atoms with van der Waals surface area (Å²) in [5.41, 5.74) is -14.4. The molecule has 12 saturated carbocycles. The van der Waals surface area contributed by atoms with Crippen molar-refractivity contribution in [3.05, 3.63) is 0 Å². The SMILES string of the molecule is CCC(C)(C)C(=O)OC12CC3(OC(=O)OC(C)(C)C)CC(OC(=O)OC(C)(C)C)(CC(OC(=O)OC(C)(C)C)(C3)C1)C2.CCC(C)(C)C(=O)OC12CC3CC(OC(=O)OC(C)(C)C)(CC(OC(=O)OC(C)(C)C)(C3)C1)C2.CCCCOCOC12CC3CC(C1)CC(OC(=O)C(C)(C)CC)(C3)C2. The minimum atomic E-state index is -1.35. The summed E-state index contributed by atoms with van der Waals surface area (Å²) >= 11 is 0. The molecule has 12 aliphatic rings. The van der Waals surface area contributed by atoms with E-state index in [0.717, 1.165) is 58.0 Å². The van der Waals surface area contributed by atoms with E-state index in [2.05, 4.69) is 13.8 Å². The maximum Gasteiger partial charge on any atom is 0.509 e. The summed E-state index contributed by atoms with van der Waals surface area (Å²) in [6.07, 6.45) is 9.75. The van der Waals surface area contributed by atoms with Gasteiger partial charge in [-0.15, -0.1) is 0 Å². The van der Waals surface area contributed by atoms with E-state index in [9.17, 15) is 38.4 Å². The smallest absolute Gasteiger partial charge is 0.459 e. The zero-order chi connectivity index (χ0) is 76.1. The zero-order valence-corrected chi connectivity index (χ0v) is 66.3. The van der Waals surface area contributed by atoms with Crippen molar-refractivity contribution in [2.75, 3.05) is 13.4 Å². The summed E-state index contributed by atoms with van der Waals surface area (Å²) in [7, 11) is 0. The van der Waals surface area contributed by atoms with Crippen LogP contribution in [-0.4, -0.2) is 140 Å². The molecule has 578 valence electrons. The van der Waals surface area contributed by atoms with Gasteiger partial charge in [-0.2, -0.15) is 0 Å². The average Bonchev–Trinajstić information content (AvgIpc) is 0.691. The Bertz CT molecular complexity index is 2830. The van der Waals surface area contributed by atoms with E-state index in [1.54, 1.807) is 118 Å². The fraction of sp³-hybridized carbons (Fsp3) is 0.897. The van der Waals surface area contributed by atoms with Gasteiger partial charge in [-0.3, -0.25) is 14.4 Å². The predicted octanol–water partition coefficient (Wildman–Crippen LogP) is 18.1. The van der Waals surface area contributed by atoms with Crippen LogP contribution in [0.15, 0.2) is 0 Å². The minimum Gasteiger partial charge on any atom is -0.459 e. The Morgan fingerprint density at radius 2 is 0.525 bits per heavy atom. The van der Waals surface area contributed by atoms with Crippen LogP contribution in [0.25, 0.3) is 0 Å². The molecule has 0 N–H and O–H groups in total. The molecule has 0 aromatic heterocycles. The number of esters is 3. The fourth-order valence-corrected chi connectivity index (χ4v) is 17.8. The highest BCUT2D eigenvalue weighted by Gasteiger charge is 2.76. The van der Waals surface area contributed by atoms with Crippen LogP contribution >= 0.6 is 0 Å².